The van der Waals surface area contributed by atoms with Crippen molar-refractivity contribution >= 4 is 15.7 Å². The van der Waals surface area contributed by atoms with E-state index in [1.54, 1.807) is 30.5 Å². The summed E-state index contributed by atoms with van der Waals surface area (Å²) in [6, 6.07) is 11.5. The molecule has 0 spiro atoms. The number of ether oxygens (including phenoxy) is 1. The van der Waals surface area contributed by atoms with Crippen LogP contribution in [0.1, 0.15) is 29.7 Å². The Morgan fingerprint density at radius 2 is 1.84 bits per heavy atom. The van der Waals surface area contributed by atoms with Crippen LogP contribution in [0, 0.1) is 5.82 Å². The van der Waals surface area contributed by atoms with E-state index >= 15 is 0 Å². The van der Waals surface area contributed by atoms with Crippen molar-refractivity contribution in [3.63, 3.8) is 0 Å². The highest BCUT2D eigenvalue weighted by molar-refractivity contribution is 7.90. The molecule has 162 valence electrons. The van der Waals surface area contributed by atoms with Crippen LogP contribution < -0.4 is 10.5 Å². The summed E-state index contributed by atoms with van der Waals surface area (Å²) in [5.74, 6) is 0.246. The summed E-state index contributed by atoms with van der Waals surface area (Å²) in [5, 5.41) is 0. The van der Waals surface area contributed by atoms with E-state index in [0.717, 1.165) is 22.3 Å². The van der Waals surface area contributed by atoms with Crippen molar-refractivity contribution in [1.82, 2.24) is 9.88 Å². The van der Waals surface area contributed by atoms with Crippen LogP contribution >= 0.6 is 0 Å². The molecule has 2 bridgehead atoms. The number of benzene rings is 2. The first-order chi connectivity index (χ1) is 14.6. The van der Waals surface area contributed by atoms with E-state index in [4.69, 9.17) is 10.5 Å². The summed E-state index contributed by atoms with van der Waals surface area (Å²) in [6.07, 6.45) is 2.33. The predicted octanol–water partition coefficient (Wildman–Crippen LogP) is 3.96. The molecule has 0 unspecified atom stereocenters. The van der Waals surface area contributed by atoms with Crippen molar-refractivity contribution in [2.75, 3.05) is 19.0 Å². The zero-order valence-corrected chi connectivity index (χ0v) is 18.4. The Labute approximate surface area is 181 Å². The van der Waals surface area contributed by atoms with E-state index in [1.807, 2.05) is 20.0 Å². The third-order valence-corrected chi connectivity index (χ3v) is 6.54. The molecule has 6 nitrogen and oxygen atoms in total. The van der Waals surface area contributed by atoms with Gasteiger partial charge in [-0.3, -0.25) is 4.90 Å². The highest BCUT2D eigenvalue weighted by atomic mass is 32.2. The van der Waals surface area contributed by atoms with Crippen LogP contribution in [0.3, 0.4) is 0 Å². The van der Waals surface area contributed by atoms with Crippen molar-refractivity contribution in [2.45, 2.75) is 31.0 Å². The van der Waals surface area contributed by atoms with Crippen molar-refractivity contribution < 1.29 is 17.5 Å². The Hall–Kier alpha value is -2.97. The number of halogens is 1. The largest absolute Gasteiger partial charge is 0.482 e. The molecule has 1 aliphatic rings. The van der Waals surface area contributed by atoms with Gasteiger partial charge in [0.15, 0.2) is 21.4 Å². The number of anilines is 1. The van der Waals surface area contributed by atoms with Crippen molar-refractivity contribution in [1.29, 1.82) is 0 Å². The third-order valence-electron chi connectivity index (χ3n) is 5.43. The number of aromatic nitrogens is 1. The molecule has 0 amide bonds. The van der Waals surface area contributed by atoms with Crippen LogP contribution in [0.15, 0.2) is 53.6 Å². The van der Waals surface area contributed by atoms with Crippen LogP contribution in [0.4, 0.5) is 10.2 Å². The minimum atomic E-state index is -3.38. The lowest BCUT2D eigenvalue weighted by atomic mass is 9.98. The zero-order valence-electron chi connectivity index (χ0n) is 17.6. The SMILES string of the molecule is C[C@H]1Oc2cc(cnc2N)-c2cc(S(C)(=O)=O)ccc2CN(C)Cc2ccc(F)cc21. The molecule has 1 aliphatic heterocycles. The van der Waals surface area contributed by atoms with Gasteiger partial charge in [-0.25, -0.2) is 17.8 Å². The fourth-order valence-electron chi connectivity index (χ4n) is 3.87. The van der Waals surface area contributed by atoms with Crippen LogP contribution in [0.5, 0.6) is 5.75 Å². The fourth-order valence-corrected chi connectivity index (χ4v) is 4.52. The minimum absolute atomic E-state index is 0.212. The molecule has 31 heavy (non-hydrogen) atoms. The zero-order chi connectivity index (χ0) is 22.3. The van der Waals surface area contributed by atoms with Crippen LogP contribution in [0.25, 0.3) is 11.1 Å². The monoisotopic (exact) mass is 441 g/mol. The maximum absolute atomic E-state index is 14.0. The minimum Gasteiger partial charge on any atom is -0.482 e. The lowest BCUT2D eigenvalue weighted by Gasteiger charge is -2.25. The number of pyridine rings is 1. The van der Waals surface area contributed by atoms with E-state index in [-0.39, 0.29) is 16.5 Å². The fraction of sp³-hybridized carbons (Fsp3) is 0.261. The second kappa shape index (κ2) is 7.94. The maximum Gasteiger partial charge on any atom is 0.175 e. The van der Waals surface area contributed by atoms with Crippen molar-refractivity contribution in [3.05, 3.63) is 71.2 Å². The Balaban J connectivity index is 1.92. The van der Waals surface area contributed by atoms with E-state index in [2.05, 4.69) is 9.88 Å². The van der Waals surface area contributed by atoms with Gasteiger partial charge in [-0.2, -0.15) is 0 Å². The second-order valence-electron chi connectivity index (χ2n) is 7.97. The number of nitrogens with two attached hydrogens (primary N) is 1. The van der Waals surface area contributed by atoms with Gasteiger partial charge in [-0.05, 0) is 66.6 Å². The van der Waals surface area contributed by atoms with Crippen LogP contribution in [0.2, 0.25) is 0 Å². The summed E-state index contributed by atoms with van der Waals surface area (Å²) >= 11 is 0. The van der Waals surface area contributed by atoms with Gasteiger partial charge in [0, 0.05) is 31.1 Å². The third kappa shape index (κ3) is 4.40. The number of nitrogens with zero attached hydrogens (tertiary/aromatic N) is 2. The van der Waals surface area contributed by atoms with E-state index < -0.39 is 15.9 Å². The highest BCUT2D eigenvalue weighted by Crippen LogP contribution is 2.35. The average molecular weight is 442 g/mol. The lowest BCUT2D eigenvalue weighted by Crippen LogP contribution is -2.20. The average Bonchev–Trinajstić information content (AvgIpc) is 2.69. The summed E-state index contributed by atoms with van der Waals surface area (Å²) in [7, 11) is -1.42. The number of nitrogen functional groups attached to an aromatic ring is 1. The van der Waals surface area contributed by atoms with E-state index in [0.29, 0.717) is 24.4 Å². The van der Waals surface area contributed by atoms with Crippen LogP contribution in [-0.4, -0.2) is 31.6 Å². The number of rotatable bonds is 1. The van der Waals surface area contributed by atoms with E-state index in [9.17, 15) is 12.8 Å². The Morgan fingerprint density at radius 3 is 2.58 bits per heavy atom. The molecular weight excluding hydrogens is 417 g/mol. The van der Waals surface area contributed by atoms with Gasteiger partial charge >= 0.3 is 0 Å². The molecule has 3 aromatic rings. The smallest absolute Gasteiger partial charge is 0.175 e. The molecule has 8 heteroatoms. The summed E-state index contributed by atoms with van der Waals surface area (Å²) < 4.78 is 44.4. The molecule has 2 heterocycles. The summed E-state index contributed by atoms with van der Waals surface area (Å²) in [6.45, 7) is 2.97. The van der Waals surface area contributed by atoms with Gasteiger partial charge < -0.3 is 10.5 Å². The molecule has 0 fully saturated rings. The molecule has 0 aliphatic carbocycles. The number of fused-ring (bicyclic) bond motifs is 5. The Kier molecular flexibility index (Phi) is 5.45. The topological polar surface area (TPSA) is 85.5 Å². The molecule has 4 rings (SSSR count). The van der Waals surface area contributed by atoms with Gasteiger partial charge in [-0.15, -0.1) is 0 Å². The molecule has 2 aromatic carbocycles. The van der Waals surface area contributed by atoms with Gasteiger partial charge in [0.05, 0.1) is 4.90 Å². The van der Waals surface area contributed by atoms with Gasteiger partial charge in [-0.1, -0.05) is 12.1 Å². The Bertz CT molecular complexity index is 1260. The van der Waals surface area contributed by atoms with Gasteiger partial charge in [0.1, 0.15) is 11.9 Å². The molecular formula is C23H24FN3O3S. The first-order valence-electron chi connectivity index (χ1n) is 9.84. The summed E-state index contributed by atoms with van der Waals surface area (Å²) in [4.78, 5) is 6.59. The second-order valence-corrected chi connectivity index (χ2v) is 9.99. The first-order valence-corrected chi connectivity index (χ1v) is 11.7. The molecule has 1 aromatic heterocycles. The number of hydrogen-bond donors (Lipinski definition) is 1. The molecule has 0 saturated carbocycles. The lowest BCUT2D eigenvalue weighted by molar-refractivity contribution is 0.223. The predicted molar refractivity (Wildman–Crippen MR) is 118 cm³/mol. The first kappa shape index (κ1) is 21.3. The number of sulfone groups is 1. The van der Waals surface area contributed by atoms with E-state index in [1.165, 1.54) is 18.4 Å². The Morgan fingerprint density at radius 1 is 1.13 bits per heavy atom. The highest BCUT2D eigenvalue weighted by Gasteiger charge is 2.20. The normalized spacial score (nSPS) is 17.0. The van der Waals surface area contributed by atoms with Gasteiger partial charge in [0.25, 0.3) is 0 Å². The standard InChI is InChI=1S/C23H24FN3O3S/c1-14-20-9-18(24)6-4-15(20)12-27(2)13-16-5-7-19(31(3,28)29)10-21(16)17-8-22(30-14)23(25)26-11-17/h4-11,14H,12-13H2,1-3H3,(H2,25,26)/t14-/m1/s1. The molecule has 2 N–H and O–H groups in total. The van der Waals surface area contributed by atoms with Crippen molar-refractivity contribution in [2.24, 2.45) is 0 Å². The summed E-state index contributed by atoms with van der Waals surface area (Å²) in [5.41, 5.74) is 10.1. The van der Waals surface area contributed by atoms with Crippen molar-refractivity contribution in [3.8, 4) is 16.9 Å². The van der Waals surface area contributed by atoms with Crippen LogP contribution in [-0.2, 0) is 22.9 Å². The van der Waals surface area contributed by atoms with Gasteiger partial charge in [0.2, 0.25) is 0 Å². The quantitative estimate of drug-likeness (QED) is 0.615. The molecule has 0 radical (unpaired) electrons. The molecule has 1 atom stereocenters. The maximum atomic E-state index is 14.0. The molecule has 0 saturated heterocycles. The number of hydrogen-bond acceptors (Lipinski definition) is 6.